The van der Waals surface area contributed by atoms with Crippen LogP contribution in [0.2, 0.25) is 0 Å². The van der Waals surface area contributed by atoms with Crippen LogP contribution in [-0.4, -0.2) is 49.9 Å². The van der Waals surface area contributed by atoms with E-state index < -0.39 is 5.54 Å². The van der Waals surface area contributed by atoms with Gasteiger partial charge in [-0.15, -0.1) is 0 Å². The normalized spacial score (nSPS) is 11.8. The zero-order valence-corrected chi connectivity index (χ0v) is 12.5. The average Bonchev–Trinajstić information content (AvgIpc) is 2.99. The smallest absolute Gasteiger partial charge is 0.180 e. The third kappa shape index (κ3) is 3.25. The van der Waals surface area contributed by atoms with Gasteiger partial charge >= 0.3 is 0 Å². The lowest BCUT2D eigenvalue weighted by Gasteiger charge is -2.30. The molecule has 0 aliphatic heterocycles. The van der Waals surface area contributed by atoms with E-state index in [0.717, 1.165) is 18.8 Å². The second kappa shape index (κ2) is 6.73. The number of anilines is 2. The monoisotopic (exact) mass is 293 g/mol. The molecule has 0 saturated heterocycles. The van der Waals surface area contributed by atoms with E-state index in [9.17, 15) is 10.2 Å². The van der Waals surface area contributed by atoms with Crippen molar-refractivity contribution >= 4 is 17.3 Å². The molecule has 2 aromatic rings. The first-order valence-electron chi connectivity index (χ1n) is 7.25. The van der Waals surface area contributed by atoms with Crippen LogP contribution in [-0.2, 0) is 0 Å². The second-order valence-electron chi connectivity index (χ2n) is 5.13. The zero-order chi connectivity index (χ0) is 15.3. The van der Waals surface area contributed by atoms with Crippen molar-refractivity contribution in [2.75, 3.05) is 30.4 Å². The molecule has 0 unspecified atom stereocenters. The van der Waals surface area contributed by atoms with Gasteiger partial charge in [0.15, 0.2) is 11.5 Å². The van der Waals surface area contributed by atoms with E-state index in [-0.39, 0.29) is 13.2 Å². The van der Waals surface area contributed by atoms with Gasteiger partial charge in [0.05, 0.1) is 24.9 Å². The van der Waals surface area contributed by atoms with Crippen LogP contribution in [0.5, 0.6) is 0 Å². The fourth-order valence-corrected chi connectivity index (χ4v) is 2.05. The van der Waals surface area contributed by atoms with Crippen LogP contribution in [0, 0.1) is 0 Å². The Kier molecular flexibility index (Phi) is 4.98. The standard InChI is InChI=1S/C14H23N5O2/c1-3-5-15-11-8-19-7-6-16-13(19)12(17-11)18-14(4-2,9-20)10-21/h6-8,15,20-21H,3-5,9-10H2,1-2H3,(H,17,18). The van der Waals surface area contributed by atoms with E-state index in [1.807, 2.05) is 23.7 Å². The van der Waals surface area contributed by atoms with Gasteiger partial charge in [0, 0.05) is 18.9 Å². The molecule has 7 heteroatoms. The highest BCUT2D eigenvalue weighted by atomic mass is 16.3. The maximum absolute atomic E-state index is 9.58. The van der Waals surface area contributed by atoms with Crippen LogP contribution >= 0.6 is 0 Å². The maximum atomic E-state index is 9.58. The van der Waals surface area contributed by atoms with Crippen molar-refractivity contribution in [3.63, 3.8) is 0 Å². The Morgan fingerprint density at radius 3 is 2.67 bits per heavy atom. The van der Waals surface area contributed by atoms with E-state index >= 15 is 0 Å². The number of aliphatic hydroxyl groups excluding tert-OH is 2. The first-order chi connectivity index (χ1) is 10.2. The molecule has 2 aromatic heterocycles. The van der Waals surface area contributed by atoms with Crippen molar-refractivity contribution in [2.45, 2.75) is 32.2 Å². The number of hydrogen-bond donors (Lipinski definition) is 4. The number of imidazole rings is 1. The summed E-state index contributed by atoms with van der Waals surface area (Å²) in [5.74, 6) is 1.27. The molecule has 2 heterocycles. The lowest BCUT2D eigenvalue weighted by atomic mass is 9.98. The van der Waals surface area contributed by atoms with Crippen LogP contribution in [0.25, 0.3) is 5.65 Å². The van der Waals surface area contributed by atoms with E-state index in [1.165, 1.54) is 0 Å². The number of aromatic nitrogens is 3. The summed E-state index contributed by atoms with van der Waals surface area (Å²) >= 11 is 0. The molecule has 0 fully saturated rings. The van der Waals surface area contributed by atoms with Crippen molar-refractivity contribution in [1.82, 2.24) is 14.4 Å². The van der Waals surface area contributed by atoms with Crippen LogP contribution in [0.3, 0.4) is 0 Å². The molecular formula is C14H23N5O2. The predicted molar refractivity (Wildman–Crippen MR) is 82.6 cm³/mol. The molecule has 2 rings (SSSR count). The number of hydrogen-bond acceptors (Lipinski definition) is 6. The van der Waals surface area contributed by atoms with Crippen molar-refractivity contribution in [3.05, 3.63) is 18.6 Å². The summed E-state index contributed by atoms with van der Waals surface area (Å²) in [6, 6.07) is 0. The van der Waals surface area contributed by atoms with Crippen LogP contribution in [0.15, 0.2) is 18.6 Å². The molecule has 21 heavy (non-hydrogen) atoms. The van der Waals surface area contributed by atoms with Gasteiger partial charge in [0.2, 0.25) is 0 Å². The lowest BCUT2D eigenvalue weighted by Crippen LogP contribution is -2.45. The molecule has 0 radical (unpaired) electrons. The Hall–Kier alpha value is -1.86. The zero-order valence-electron chi connectivity index (χ0n) is 12.5. The topological polar surface area (TPSA) is 94.7 Å². The first-order valence-corrected chi connectivity index (χ1v) is 7.25. The first kappa shape index (κ1) is 15.5. The highest BCUT2D eigenvalue weighted by Gasteiger charge is 2.28. The molecule has 7 nitrogen and oxygen atoms in total. The molecule has 0 atom stereocenters. The van der Waals surface area contributed by atoms with Crippen LogP contribution < -0.4 is 10.6 Å². The predicted octanol–water partition coefficient (Wildman–Crippen LogP) is 1.10. The lowest BCUT2D eigenvalue weighted by molar-refractivity contribution is 0.132. The summed E-state index contributed by atoms with van der Waals surface area (Å²) in [6.45, 7) is 4.46. The molecule has 0 aliphatic carbocycles. The van der Waals surface area contributed by atoms with Gasteiger partial charge in [-0.3, -0.25) is 0 Å². The third-order valence-corrected chi connectivity index (χ3v) is 3.60. The molecule has 0 spiro atoms. The number of rotatable bonds is 8. The second-order valence-corrected chi connectivity index (χ2v) is 5.13. The summed E-state index contributed by atoms with van der Waals surface area (Å²) in [6.07, 6.45) is 6.97. The Balaban J connectivity index is 2.38. The molecule has 0 amide bonds. The molecule has 116 valence electrons. The number of nitrogens with zero attached hydrogens (tertiary/aromatic N) is 3. The highest BCUT2D eigenvalue weighted by molar-refractivity contribution is 5.66. The van der Waals surface area contributed by atoms with Crippen molar-refractivity contribution in [2.24, 2.45) is 0 Å². The van der Waals surface area contributed by atoms with E-state index in [4.69, 9.17) is 0 Å². The molecular weight excluding hydrogens is 270 g/mol. The molecule has 0 saturated carbocycles. The van der Waals surface area contributed by atoms with Gasteiger partial charge in [-0.05, 0) is 12.8 Å². The molecule has 0 bridgehead atoms. The summed E-state index contributed by atoms with van der Waals surface area (Å²) in [4.78, 5) is 8.79. The van der Waals surface area contributed by atoms with Crippen molar-refractivity contribution < 1.29 is 10.2 Å². The highest BCUT2D eigenvalue weighted by Crippen LogP contribution is 2.22. The summed E-state index contributed by atoms with van der Waals surface area (Å²) < 4.78 is 1.86. The Bertz CT molecular complexity index is 571. The minimum absolute atomic E-state index is 0.179. The van der Waals surface area contributed by atoms with Gasteiger partial charge in [-0.2, -0.15) is 0 Å². The number of fused-ring (bicyclic) bond motifs is 1. The maximum Gasteiger partial charge on any atom is 0.180 e. The molecule has 0 aliphatic rings. The SMILES string of the molecule is CCCNc1cn2ccnc2c(NC(CC)(CO)CO)n1. The minimum atomic E-state index is -0.803. The Labute approximate surface area is 124 Å². The van der Waals surface area contributed by atoms with Gasteiger partial charge in [-0.25, -0.2) is 9.97 Å². The Morgan fingerprint density at radius 2 is 2.05 bits per heavy atom. The summed E-state index contributed by atoms with van der Waals surface area (Å²) in [5, 5.41) is 25.5. The fourth-order valence-electron chi connectivity index (χ4n) is 2.05. The third-order valence-electron chi connectivity index (χ3n) is 3.60. The number of aliphatic hydroxyl groups is 2. The van der Waals surface area contributed by atoms with Crippen molar-refractivity contribution in [1.29, 1.82) is 0 Å². The van der Waals surface area contributed by atoms with E-state index in [0.29, 0.717) is 17.9 Å². The molecule has 4 N–H and O–H groups in total. The Morgan fingerprint density at radius 1 is 1.29 bits per heavy atom. The quantitative estimate of drug-likeness (QED) is 0.582. The largest absolute Gasteiger partial charge is 0.394 e. The van der Waals surface area contributed by atoms with Crippen molar-refractivity contribution in [3.8, 4) is 0 Å². The van der Waals surface area contributed by atoms with E-state index in [1.54, 1.807) is 6.20 Å². The minimum Gasteiger partial charge on any atom is -0.394 e. The summed E-state index contributed by atoms with van der Waals surface area (Å²) in [5.41, 5.74) is -0.139. The van der Waals surface area contributed by atoms with Gasteiger partial charge in [0.1, 0.15) is 5.82 Å². The van der Waals surface area contributed by atoms with Gasteiger partial charge < -0.3 is 25.2 Å². The number of nitrogens with one attached hydrogen (secondary N) is 2. The van der Waals surface area contributed by atoms with Gasteiger partial charge in [0.25, 0.3) is 0 Å². The molecule has 0 aromatic carbocycles. The fraction of sp³-hybridized carbons (Fsp3) is 0.571. The van der Waals surface area contributed by atoms with Crippen LogP contribution in [0.1, 0.15) is 26.7 Å². The average molecular weight is 293 g/mol. The van der Waals surface area contributed by atoms with E-state index in [2.05, 4.69) is 27.5 Å². The van der Waals surface area contributed by atoms with Crippen LogP contribution in [0.4, 0.5) is 11.6 Å². The summed E-state index contributed by atoms with van der Waals surface area (Å²) in [7, 11) is 0. The van der Waals surface area contributed by atoms with Gasteiger partial charge in [-0.1, -0.05) is 13.8 Å².